The predicted molar refractivity (Wildman–Crippen MR) is 81.4 cm³/mol. The number of halogens is 1. The monoisotopic (exact) mass is 315 g/mol. The molecule has 5 nitrogen and oxygen atoms in total. The van der Waals surface area contributed by atoms with Crippen molar-refractivity contribution in [1.82, 2.24) is 15.4 Å². The number of amides is 1. The molecule has 0 radical (unpaired) electrons. The van der Waals surface area contributed by atoms with Gasteiger partial charge >= 0.3 is 0 Å². The fourth-order valence-corrected chi connectivity index (χ4v) is 3.66. The second-order valence-corrected chi connectivity index (χ2v) is 6.05. The van der Waals surface area contributed by atoms with Crippen LogP contribution < -0.4 is 5.48 Å². The average Bonchev–Trinajstić information content (AvgIpc) is 3.04. The topological polar surface area (TPSA) is 75.1 Å². The Morgan fingerprint density at radius 1 is 1.39 bits per heavy atom. The summed E-state index contributed by atoms with van der Waals surface area (Å²) in [5.74, 6) is -0.749. The van der Waals surface area contributed by atoms with Crippen LogP contribution in [-0.4, -0.2) is 21.1 Å². The molecule has 23 heavy (non-hydrogen) atoms. The first-order valence-corrected chi connectivity index (χ1v) is 7.53. The Kier molecular flexibility index (Phi) is 4.09. The van der Waals surface area contributed by atoms with Crippen LogP contribution >= 0.6 is 0 Å². The fourth-order valence-electron chi connectivity index (χ4n) is 3.66. The molecule has 2 atom stereocenters. The molecular formula is C17H18FN3O2. The third kappa shape index (κ3) is 2.59. The molecule has 1 fully saturated rings. The number of carbonyl (C=O) groups is 1. The summed E-state index contributed by atoms with van der Waals surface area (Å²) in [4.78, 5) is 20.5. The Hall–Kier alpha value is -2.34. The van der Waals surface area contributed by atoms with Crippen molar-refractivity contribution in [2.75, 3.05) is 0 Å². The van der Waals surface area contributed by atoms with Crippen LogP contribution in [0.2, 0.25) is 0 Å². The summed E-state index contributed by atoms with van der Waals surface area (Å²) in [5, 5.41) is 9.22. The second-order valence-electron chi connectivity index (χ2n) is 6.05. The Balaban J connectivity index is 2.03. The molecule has 0 spiro atoms. The zero-order valence-electron chi connectivity index (χ0n) is 12.8. The number of carbonyl (C=O) groups excluding carboxylic acids is 1. The Labute approximate surface area is 133 Å². The van der Waals surface area contributed by atoms with E-state index in [0.29, 0.717) is 24.0 Å². The van der Waals surface area contributed by atoms with E-state index < -0.39 is 11.3 Å². The van der Waals surface area contributed by atoms with Gasteiger partial charge in [-0.25, -0.2) is 19.8 Å². The number of benzene rings is 1. The van der Waals surface area contributed by atoms with Crippen molar-refractivity contribution in [3.63, 3.8) is 0 Å². The van der Waals surface area contributed by atoms with Gasteiger partial charge in [0.25, 0.3) is 5.91 Å². The van der Waals surface area contributed by atoms with E-state index in [9.17, 15) is 14.4 Å². The molecule has 1 aromatic heterocycles. The number of hydrogen-bond donors (Lipinski definition) is 2. The van der Waals surface area contributed by atoms with Crippen molar-refractivity contribution in [3.8, 4) is 0 Å². The minimum absolute atomic E-state index is 0.0937. The third-order valence-corrected chi connectivity index (χ3v) is 4.89. The van der Waals surface area contributed by atoms with E-state index in [2.05, 4.69) is 9.97 Å². The van der Waals surface area contributed by atoms with Gasteiger partial charge in [-0.05, 0) is 54.9 Å². The van der Waals surface area contributed by atoms with Gasteiger partial charge in [-0.15, -0.1) is 0 Å². The van der Waals surface area contributed by atoms with Crippen LogP contribution in [0.25, 0.3) is 0 Å². The van der Waals surface area contributed by atoms with Crippen molar-refractivity contribution in [1.29, 1.82) is 0 Å². The molecule has 120 valence electrons. The quantitative estimate of drug-likeness (QED) is 0.674. The average molecular weight is 315 g/mol. The molecule has 6 heteroatoms. The molecule has 1 amide bonds. The maximum absolute atomic E-state index is 14.0. The van der Waals surface area contributed by atoms with Crippen LogP contribution in [0.15, 0.2) is 36.9 Å². The molecule has 1 aliphatic carbocycles. The van der Waals surface area contributed by atoms with Gasteiger partial charge in [-0.2, -0.15) is 0 Å². The first kappa shape index (κ1) is 15.6. The lowest BCUT2D eigenvalue weighted by Gasteiger charge is -2.29. The highest BCUT2D eigenvalue weighted by Crippen LogP contribution is 2.49. The minimum Gasteiger partial charge on any atom is -0.289 e. The molecule has 2 aromatic rings. The number of hydrogen-bond acceptors (Lipinski definition) is 4. The van der Waals surface area contributed by atoms with Crippen LogP contribution in [0.5, 0.6) is 0 Å². The van der Waals surface area contributed by atoms with Crippen molar-refractivity contribution >= 4 is 5.91 Å². The van der Waals surface area contributed by atoms with Crippen LogP contribution in [-0.2, 0) is 10.2 Å². The maximum Gasteiger partial charge on any atom is 0.254 e. The highest BCUT2D eigenvalue weighted by Gasteiger charge is 2.48. The van der Waals surface area contributed by atoms with Crippen LogP contribution in [0.1, 0.15) is 41.9 Å². The molecule has 1 heterocycles. The lowest BCUT2D eigenvalue weighted by molar-refractivity contribution is -0.135. The van der Waals surface area contributed by atoms with Crippen molar-refractivity contribution < 1.29 is 14.4 Å². The van der Waals surface area contributed by atoms with E-state index in [1.54, 1.807) is 36.9 Å². The summed E-state index contributed by atoms with van der Waals surface area (Å²) >= 11 is 0. The van der Waals surface area contributed by atoms with Gasteiger partial charge in [0.2, 0.25) is 0 Å². The standard InChI is InChI=1S/C17H18FN3O2/c1-11-14(3-2-4-15(11)18)17(16(22)21-23)6-5-12(7-17)13-8-19-10-20-9-13/h2-4,8-10,12,23H,5-7H2,1H3,(H,21,22). The highest BCUT2D eigenvalue weighted by atomic mass is 19.1. The Bertz CT molecular complexity index is 723. The lowest BCUT2D eigenvalue weighted by atomic mass is 9.75. The van der Waals surface area contributed by atoms with Crippen LogP contribution in [0.4, 0.5) is 4.39 Å². The largest absolute Gasteiger partial charge is 0.289 e. The van der Waals surface area contributed by atoms with Gasteiger partial charge in [0, 0.05) is 12.4 Å². The zero-order chi connectivity index (χ0) is 16.4. The predicted octanol–water partition coefficient (Wildman–Crippen LogP) is 2.64. The minimum atomic E-state index is -0.943. The Morgan fingerprint density at radius 2 is 2.13 bits per heavy atom. The summed E-state index contributed by atoms with van der Waals surface area (Å²) < 4.78 is 14.0. The number of aromatic nitrogens is 2. The van der Waals surface area contributed by atoms with E-state index in [1.165, 1.54) is 12.4 Å². The normalized spacial score (nSPS) is 23.7. The second kappa shape index (κ2) is 6.04. The van der Waals surface area contributed by atoms with E-state index in [1.807, 2.05) is 0 Å². The van der Waals surface area contributed by atoms with E-state index in [0.717, 1.165) is 12.0 Å². The van der Waals surface area contributed by atoms with Gasteiger partial charge in [-0.3, -0.25) is 10.0 Å². The summed E-state index contributed by atoms with van der Waals surface area (Å²) in [6, 6.07) is 4.74. The smallest absolute Gasteiger partial charge is 0.254 e. The summed E-state index contributed by atoms with van der Waals surface area (Å²) in [7, 11) is 0. The molecule has 2 N–H and O–H groups in total. The molecule has 3 rings (SSSR count). The zero-order valence-corrected chi connectivity index (χ0v) is 12.8. The van der Waals surface area contributed by atoms with Gasteiger partial charge in [0.05, 0.1) is 5.41 Å². The van der Waals surface area contributed by atoms with Crippen LogP contribution in [0, 0.1) is 12.7 Å². The molecule has 0 saturated heterocycles. The van der Waals surface area contributed by atoms with E-state index >= 15 is 0 Å². The first-order valence-electron chi connectivity index (χ1n) is 7.53. The van der Waals surface area contributed by atoms with Crippen LogP contribution in [0.3, 0.4) is 0 Å². The van der Waals surface area contributed by atoms with E-state index in [4.69, 9.17) is 0 Å². The summed E-state index contributed by atoms with van der Waals surface area (Å²) in [6.45, 7) is 1.66. The summed E-state index contributed by atoms with van der Waals surface area (Å²) in [6.07, 6.45) is 6.70. The van der Waals surface area contributed by atoms with Gasteiger partial charge in [0.1, 0.15) is 12.1 Å². The van der Waals surface area contributed by atoms with E-state index in [-0.39, 0.29) is 11.7 Å². The number of nitrogens with one attached hydrogen (secondary N) is 1. The number of hydroxylamine groups is 1. The SMILES string of the molecule is Cc1c(F)cccc1C1(C(=O)NO)CCC(c2cncnc2)C1. The van der Waals surface area contributed by atoms with Gasteiger partial charge < -0.3 is 0 Å². The van der Waals surface area contributed by atoms with Crippen molar-refractivity contribution in [3.05, 3.63) is 59.4 Å². The molecule has 0 bridgehead atoms. The van der Waals surface area contributed by atoms with Crippen molar-refractivity contribution in [2.24, 2.45) is 0 Å². The highest BCUT2D eigenvalue weighted by molar-refractivity contribution is 5.88. The molecule has 1 aliphatic rings. The fraction of sp³-hybridized carbons (Fsp3) is 0.353. The lowest BCUT2D eigenvalue weighted by Crippen LogP contribution is -2.42. The first-order chi connectivity index (χ1) is 11.1. The van der Waals surface area contributed by atoms with Gasteiger partial charge in [-0.1, -0.05) is 12.1 Å². The molecule has 2 unspecified atom stereocenters. The molecule has 1 aromatic carbocycles. The van der Waals surface area contributed by atoms with Gasteiger partial charge in [0.15, 0.2) is 0 Å². The molecular weight excluding hydrogens is 297 g/mol. The van der Waals surface area contributed by atoms with Crippen molar-refractivity contribution in [2.45, 2.75) is 37.5 Å². The molecule has 1 saturated carbocycles. The maximum atomic E-state index is 14.0. The number of nitrogens with zero attached hydrogens (tertiary/aromatic N) is 2. The summed E-state index contributed by atoms with van der Waals surface area (Å²) in [5.41, 5.74) is 2.86. The number of rotatable bonds is 3. The third-order valence-electron chi connectivity index (χ3n) is 4.89. The Morgan fingerprint density at radius 3 is 2.83 bits per heavy atom. The molecule has 0 aliphatic heterocycles.